The predicted octanol–water partition coefficient (Wildman–Crippen LogP) is 1.56. The third-order valence-corrected chi connectivity index (χ3v) is 4.64. The molecule has 2 fully saturated rings. The maximum atomic E-state index is 10.1. The first kappa shape index (κ1) is 13.3. The first-order valence-corrected chi connectivity index (χ1v) is 7.23. The van der Waals surface area contributed by atoms with Crippen molar-refractivity contribution < 1.29 is 5.11 Å². The monoisotopic (exact) mass is 240 g/mol. The molecule has 1 saturated heterocycles. The summed E-state index contributed by atoms with van der Waals surface area (Å²) in [6.45, 7) is 3.66. The van der Waals surface area contributed by atoms with Crippen LogP contribution in [-0.2, 0) is 0 Å². The normalized spacial score (nSPS) is 33.2. The standard InChI is InChI=1S/C14H28N2O/c1-15-9-7-12(8-10-15)11-16(2)13-5-3-4-6-14(13)17/h12-14,17H,3-11H2,1-2H3. The molecule has 0 aromatic carbocycles. The topological polar surface area (TPSA) is 26.7 Å². The average molecular weight is 240 g/mol. The van der Waals surface area contributed by atoms with Crippen LogP contribution in [-0.4, -0.2) is 60.8 Å². The van der Waals surface area contributed by atoms with Crippen LogP contribution in [0.2, 0.25) is 0 Å². The summed E-state index contributed by atoms with van der Waals surface area (Å²) in [4.78, 5) is 4.85. The van der Waals surface area contributed by atoms with E-state index in [-0.39, 0.29) is 6.10 Å². The van der Waals surface area contributed by atoms with Gasteiger partial charge in [-0.2, -0.15) is 0 Å². The van der Waals surface area contributed by atoms with Crippen molar-refractivity contribution >= 4 is 0 Å². The lowest BCUT2D eigenvalue weighted by atomic mass is 9.90. The fraction of sp³-hybridized carbons (Fsp3) is 1.00. The second-order valence-electron chi connectivity index (χ2n) is 6.11. The first-order chi connectivity index (χ1) is 8.16. The predicted molar refractivity (Wildman–Crippen MR) is 71.1 cm³/mol. The molecule has 1 aliphatic heterocycles. The molecule has 2 rings (SSSR count). The largest absolute Gasteiger partial charge is 0.391 e. The zero-order chi connectivity index (χ0) is 12.3. The minimum atomic E-state index is -0.0833. The van der Waals surface area contributed by atoms with Crippen molar-refractivity contribution in [2.45, 2.75) is 50.7 Å². The molecule has 0 spiro atoms. The Morgan fingerprint density at radius 3 is 2.41 bits per heavy atom. The Hall–Kier alpha value is -0.120. The number of aliphatic hydroxyl groups excluding tert-OH is 1. The number of hydrogen-bond acceptors (Lipinski definition) is 3. The van der Waals surface area contributed by atoms with Crippen molar-refractivity contribution in [1.82, 2.24) is 9.80 Å². The Morgan fingerprint density at radius 2 is 1.76 bits per heavy atom. The molecule has 2 aliphatic rings. The molecule has 1 saturated carbocycles. The molecule has 100 valence electrons. The van der Waals surface area contributed by atoms with Crippen LogP contribution in [0.1, 0.15) is 38.5 Å². The van der Waals surface area contributed by atoms with Crippen LogP contribution in [0.5, 0.6) is 0 Å². The molecule has 1 aliphatic carbocycles. The lowest BCUT2D eigenvalue weighted by Gasteiger charge is -2.38. The van der Waals surface area contributed by atoms with Gasteiger partial charge in [0.1, 0.15) is 0 Å². The van der Waals surface area contributed by atoms with Gasteiger partial charge in [0.15, 0.2) is 0 Å². The molecular weight excluding hydrogens is 212 g/mol. The second-order valence-corrected chi connectivity index (χ2v) is 6.11. The lowest BCUT2D eigenvalue weighted by molar-refractivity contribution is 0.0210. The zero-order valence-electron chi connectivity index (χ0n) is 11.4. The van der Waals surface area contributed by atoms with Gasteiger partial charge in [0, 0.05) is 12.6 Å². The highest BCUT2D eigenvalue weighted by Gasteiger charge is 2.28. The minimum absolute atomic E-state index is 0.0833. The Labute approximate surface area is 106 Å². The molecule has 1 N–H and O–H groups in total. The van der Waals surface area contributed by atoms with Crippen LogP contribution in [0.4, 0.5) is 0 Å². The van der Waals surface area contributed by atoms with Crippen molar-refractivity contribution in [2.24, 2.45) is 5.92 Å². The van der Waals surface area contributed by atoms with Crippen LogP contribution in [0.25, 0.3) is 0 Å². The van der Waals surface area contributed by atoms with Crippen LogP contribution >= 0.6 is 0 Å². The molecule has 3 nitrogen and oxygen atoms in total. The molecule has 3 heteroatoms. The van der Waals surface area contributed by atoms with Gasteiger partial charge in [0.25, 0.3) is 0 Å². The smallest absolute Gasteiger partial charge is 0.0695 e. The number of likely N-dealkylation sites (tertiary alicyclic amines) is 1. The van der Waals surface area contributed by atoms with Crippen molar-refractivity contribution in [3.8, 4) is 0 Å². The van der Waals surface area contributed by atoms with Gasteiger partial charge in [-0.05, 0) is 58.8 Å². The molecule has 0 aromatic heterocycles. The number of nitrogens with zero attached hydrogens (tertiary/aromatic N) is 2. The van der Waals surface area contributed by atoms with E-state index >= 15 is 0 Å². The highest BCUT2D eigenvalue weighted by molar-refractivity contribution is 4.83. The summed E-state index contributed by atoms with van der Waals surface area (Å²) in [6, 6.07) is 0.420. The Kier molecular flexibility index (Phi) is 4.83. The molecule has 0 amide bonds. The third-order valence-electron chi connectivity index (χ3n) is 4.64. The van der Waals surface area contributed by atoms with Gasteiger partial charge in [-0.25, -0.2) is 0 Å². The van der Waals surface area contributed by atoms with Crippen molar-refractivity contribution in [2.75, 3.05) is 33.7 Å². The van der Waals surface area contributed by atoms with Crippen LogP contribution < -0.4 is 0 Å². The van der Waals surface area contributed by atoms with Gasteiger partial charge in [0.2, 0.25) is 0 Å². The van der Waals surface area contributed by atoms with E-state index in [1.165, 1.54) is 51.7 Å². The average Bonchev–Trinajstić information content (AvgIpc) is 2.32. The fourth-order valence-electron chi connectivity index (χ4n) is 3.39. The van der Waals surface area contributed by atoms with Crippen molar-refractivity contribution in [1.29, 1.82) is 0 Å². The summed E-state index contributed by atoms with van der Waals surface area (Å²) in [6.07, 6.45) is 7.25. The highest BCUT2D eigenvalue weighted by atomic mass is 16.3. The van der Waals surface area contributed by atoms with Crippen LogP contribution in [0.3, 0.4) is 0 Å². The van der Waals surface area contributed by atoms with E-state index < -0.39 is 0 Å². The first-order valence-electron chi connectivity index (χ1n) is 7.23. The summed E-state index contributed by atoms with van der Waals surface area (Å²) >= 11 is 0. The maximum Gasteiger partial charge on any atom is 0.0695 e. The van der Waals surface area contributed by atoms with E-state index in [4.69, 9.17) is 0 Å². The van der Waals surface area contributed by atoms with E-state index in [0.29, 0.717) is 6.04 Å². The molecule has 0 bridgehead atoms. The van der Waals surface area contributed by atoms with Gasteiger partial charge in [-0.15, -0.1) is 0 Å². The van der Waals surface area contributed by atoms with Gasteiger partial charge in [0.05, 0.1) is 6.10 Å². The minimum Gasteiger partial charge on any atom is -0.391 e. The zero-order valence-corrected chi connectivity index (χ0v) is 11.4. The number of hydrogen-bond donors (Lipinski definition) is 1. The third kappa shape index (κ3) is 3.67. The van der Waals surface area contributed by atoms with Crippen molar-refractivity contribution in [3.63, 3.8) is 0 Å². The number of piperidine rings is 1. The Morgan fingerprint density at radius 1 is 1.12 bits per heavy atom. The van der Waals surface area contributed by atoms with Crippen LogP contribution in [0.15, 0.2) is 0 Å². The SMILES string of the molecule is CN1CCC(CN(C)C2CCCCC2O)CC1. The lowest BCUT2D eigenvalue weighted by Crippen LogP contribution is -2.46. The second kappa shape index (κ2) is 6.17. The summed E-state index contributed by atoms with van der Waals surface area (Å²) < 4.78 is 0. The van der Waals surface area contributed by atoms with E-state index in [1.807, 2.05) is 0 Å². The maximum absolute atomic E-state index is 10.1. The van der Waals surface area contributed by atoms with E-state index in [9.17, 15) is 5.11 Å². The molecule has 2 unspecified atom stereocenters. The summed E-state index contributed by atoms with van der Waals surface area (Å²) in [5, 5.41) is 10.1. The van der Waals surface area contributed by atoms with E-state index in [1.54, 1.807) is 0 Å². The molecule has 1 heterocycles. The fourth-order valence-corrected chi connectivity index (χ4v) is 3.39. The molecule has 0 aromatic rings. The molecule has 0 radical (unpaired) electrons. The Balaban J connectivity index is 1.77. The quantitative estimate of drug-likeness (QED) is 0.811. The molecule has 17 heavy (non-hydrogen) atoms. The number of aliphatic hydroxyl groups is 1. The van der Waals surface area contributed by atoms with Crippen molar-refractivity contribution in [3.05, 3.63) is 0 Å². The van der Waals surface area contributed by atoms with Gasteiger partial charge >= 0.3 is 0 Å². The van der Waals surface area contributed by atoms with Crippen LogP contribution in [0, 0.1) is 5.92 Å². The van der Waals surface area contributed by atoms with E-state index in [2.05, 4.69) is 23.9 Å². The molecular formula is C14H28N2O. The highest BCUT2D eigenvalue weighted by Crippen LogP contribution is 2.25. The summed E-state index contributed by atoms with van der Waals surface area (Å²) in [7, 11) is 4.42. The van der Waals surface area contributed by atoms with Gasteiger partial charge in [-0.3, -0.25) is 0 Å². The number of rotatable bonds is 3. The van der Waals surface area contributed by atoms with Gasteiger partial charge < -0.3 is 14.9 Å². The number of likely N-dealkylation sites (N-methyl/N-ethyl adjacent to an activating group) is 1. The van der Waals surface area contributed by atoms with E-state index in [0.717, 1.165) is 12.3 Å². The van der Waals surface area contributed by atoms with Gasteiger partial charge in [-0.1, -0.05) is 12.8 Å². The Bertz CT molecular complexity index is 226. The molecule has 2 atom stereocenters. The summed E-state index contributed by atoms with van der Waals surface area (Å²) in [5.74, 6) is 0.838. The summed E-state index contributed by atoms with van der Waals surface area (Å²) in [5.41, 5.74) is 0.